The molecule has 0 atom stereocenters. The summed E-state index contributed by atoms with van der Waals surface area (Å²) in [5.41, 5.74) is 0.671. The highest BCUT2D eigenvalue weighted by atomic mass is 32.2. The van der Waals surface area contributed by atoms with Gasteiger partial charge in [-0.25, -0.2) is 0 Å². The van der Waals surface area contributed by atoms with E-state index in [9.17, 15) is 10.1 Å². The number of hydrogen-bond acceptors (Lipinski definition) is 6. The molecule has 1 aliphatic rings. The lowest BCUT2D eigenvalue weighted by Crippen LogP contribution is -2.15. The number of thioether (sulfide) groups is 1. The second kappa shape index (κ2) is 5.99. The lowest BCUT2D eigenvalue weighted by Gasteiger charge is -1.97. The second-order valence-electron chi connectivity index (χ2n) is 4.36. The summed E-state index contributed by atoms with van der Waals surface area (Å²) in [5, 5.41) is 13.7. The molecule has 0 saturated carbocycles. The summed E-state index contributed by atoms with van der Waals surface area (Å²) in [7, 11) is 0. The number of nitro benzene ring substituents is 1. The van der Waals surface area contributed by atoms with E-state index in [-0.39, 0.29) is 5.69 Å². The van der Waals surface area contributed by atoms with Crippen LogP contribution in [0.2, 0.25) is 0 Å². The van der Waals surface area contributed by atoms with Gasteiger partial charge in [0.15, 0.2) is 0 Å². The first kappa shape index (κ1) is 14.9. The summed E-state index contributed by atoms with van der Waals surface area (Å²) in [5.74, 6) is 1.16. The Morgan fingerprint density at radius 2 is 2.09 bits per heavy atom. The van der Waals surface area contributed by atoms with Crippen LogP contribution in [0.1, 0.15) is 5.76 Å². The van der Waals surface area contributed by atoms with E-state index in [2.05, 4.69) is 5.32 Å². The van der Waals surface area contributed by atoms with Gasteiger partial charge >= 0.3 is 0 Å². The molecule has 1 fully saturated rings. The number of benzene rings is 1. The first-order valence-electron chi connectivity index (χ1n) is 6.12. The monoisotopic (exact) mass is 348 g/mol. The molecule has 2 heterocycles. The highest BCUT2D eigenvalue weighted by Gasteiger charge is 2.19. The Labute approximate surface area is 140 Å². The van der Waals surface area contributed by atoms with E-state index >= 15 is 0 Å². The van der Waals surface area contributed by atoms with Gasteiger partial charge in [-0.3, -0.25) is 10.1 Å². The number of thiocarbonyl (C=S) groups is 2. The summed E-state index contributed by atoms with van der Waals surface area (Å²) in [6, 6.07) is 9.84. The average molecular weight is 348 g/mol. The first-order valence-corrected chi connectivity index (χ1v) is 7.76. The van der Waals surface area contributed by atoms with Crippen molar-refractivity contribution in [1.29, 1.82) is 0 Å². The van der Waals surface area contributed by atoms with Crippen molar-refractivity contribution in [3.63, 3.8) is 0 Å². The maximum absolute atomic E-state index is 10.8. The van der Waals surface area contributed by atoms with E-state index in [4.69, 9.17) is 28.9 Å². The van der Waals surface area contributed by atoms with Crippen molar-refractivity contribution in [2.45, 2.75) is 0 Å². The topological polar surface area (TPSA) is 68.3 Å². The van der Waals surface area contributed by atoms with Crippen LogP contribution in [0, 0.1) is 10.1 Å². The van der Waals surface area contributed by atoms with Crippen molar-refractivity contribution in [2.75, 3.05) is 0 Å². The molecule has 0 unspecified atom stereocenters. The quantitative estimate of drug-likeness (QED) is 0.387. The Morgan fingerprint density at radius 1 is 1.27 bits per heavy atom. The minimum atomic E-state index is -0.435. The molecule has 3 rings (SSSR count). The number of nitrogens with zero attached hydrogens (tertiary/aromatic N) is 1. The van der Waals surface area contributed by atoms with Crippen LogP contribution in [0.3, 0.4) is 0 Å². The van der Waals surface area contributed by atoms with Crippen molar-refractivity contribution in [1.82, 2.24) is 5.32 Å². The predicted molar refractivity (Wildman–Crippen MR) is 94.7 cm³/mol. The molecule has 0 bridgehead atoms. The minimum absolute atomic E-state index is 0.0240. The molecular weight excluding hydrogens is 340 g/mol. The van der Waals surface area contributed by atoms with Crippen LogP contribution in [0.5, 0.6) is 0 Å². The van der Waals surface area contributed by atoms with Crippen LogP contribution in [-0.2, 0) is 0 Å². The second-order valence-corrected chi connectivity index (χ2v) is 6.49. The van der Waals surface area contributed by atoms with E-state index < -0.39 is 4.92 Å². The third-order valence-electron chi connectivity index (χ3n) is 2.88. The molecule has 8 heteroatoms. The Hall–Kier alpha value is -2.03. The molecule has 110 valence electrons. The Balaban J connectivity index is 1.90. The van der Waals surface area contributed by atoms with Gasteiger partial charge in [-0.15, -0.1) is 0 Å². The zero-order valence-corrected chi connectivity index (χ0v) is 13.4. The van der Waals surface area contributed by atoms with Gasteiger partial charge in [0.25, 0.3) is 5.69 Å². The molecule has 0 radical (unpaired) electrons. The van der Waals surface area contributed by atoms with Crippen LogP contribution in [0.15, 0.2) is 45.7 Å². The van der Waals surface area contributed by atoms with E-state index in [1.54, 1.807) is 30.3 Å². The normalized spacial score (nSPS) is 16.1. The van der Waals surface area contributed by atoms with Gasteiger partial charge in [0.05, 0.1) is 9.83 Å². The Morgan fingerprint density at radius 3 is 2.77 bits per heavy atom. The Kier molecular flexibility index (Phi) is 4.06. The lowest BCUT2D eigenvalue weighted by molar-refractivity contribution is -0.384. The van der Waals surface area contributed by atoms with Crippen LogP contribution in [-0.4, -0.2) is 14.2 Å². The number of rotatable bonds is 3. The van der Waals surface area contributed by atoms with Gasteiger partial charge in [0.2, 0.25) is 0 Å². The molecule has 0 amide bonds. The van der Waals surface area contributed by atoms with Gasteiger partial charge in [-0.05, 0) is 18.2 Å². The fourth-order valence-corrected chi connectivity index (χ4v) is 3.37. The summed E-state index contributed by atoms with van der Waals surface area (Å²) < 4.78 is 6.32. The smallest absolute Gasteiger partial charge is 0.270 e. The number of furan rings is 1. The molecule has 5 nitrogen and oxygen atoms in total. The number of hydrogen-bond donors (Lipinski definition) is 1. The summed E-state index contributed by atoms with van der Waals surface area (Å²) in [6.45, 7) is 0. The van der Waals surface area contributed by atoms with Gasteiger partial charge in [0.1, 0.15) is 20.8 Å². The van der Waals surface area contributed by atoms with Crippen molar-refractivity contribution in [3.05, 3.63) is 57.2 Å². The highest BCUT2D eigenvalue weighted by Crippen LogP contribution is 2.30. The number of nitro groups is 1. The van der Waals surface area contributed by atoms with E-state index in [0.29, 0.717) is 26.4 Å². The van der Waals surface area contributed by atoms with Crippen LogP contribution < -0.4 is 5.32 Å². The van der Waals surface area contributed by atoms with Crippen LogP contribution in [0.25, 0.3) is 17.4 Å². The average Bonchev–Trinajstić information content (AvgIpc) is 3.06. The van der Waals surface area contributed by atoms with Crippen molar-refractivity contribution in [2.24, 2.45) is 0 Å². The fourth-order valence-electron chi connectivity index (χ4n) is 1.91. The van der Waals surface area contributed by atoms with E-state index in [1.165, 1.54) is 23.9 Å². The Bertz CT molecular complexity index is 826. The standard InChI is InChI=1S/C14H8N2O3S3/c17-16(18)9-3-1-2-8(6-9)11-5-4-10(19-11)7-12-13(20)15-14(21)22-12/h1-7H,(H,15,20,21)/b12-7+. The first-order chi connectivity index (χ1) is 10.5. The van der Waals surface area contributed by atoms with Crippen molar-refractivity contribution >= 4 is 57.3 Å². The van der Waals surface area contributed by atoms with E-state index in [1.807, 2.05) is 0 Å². The summed E-state index contributed by atoms with van der Waals surface area (Å²) >= 11 is 11.6. The highest BCUT2D eigenvalue weighted by molar-refractivity contribution is 8.27. The molecule has 1 aliphatic heterocycles. The van der Waals surface area contributed by atoms with E-state index in [0.717, 1.165) is 4.91 Å². The molecule has 1 N–H and O–H groups in total. The van der Waals surface area contributed by atoms with Gasteiger partial charge < -0.3 is 9.73 Å². The van der Waals surface area contributed by atoms with Gasteiger partial charge in [0, 0.05) is 17.7 Å². The molecule has 1 aromatic heterocycles. The lowest BCUT2D eigenvalue weighted by atomic mass is 10.1. The molecule has 2 aromatic rings. The van der Waals surface area contributed by atoms with Crippen LogP contribution >= 0.6 is 36.2 Å². The van der Waals surface area contributed by atoms with Crippen molar-refractivity contribution < 1.29 is 9.34 Å². The maximum atomic E-state index is 10.8. The molecule has 1 aromatic carbocycles. The zero-order valence-electron chi connectivity index (χ0n) is 10.9. The zero-order chi connectivity index (χ0) is 15.7. The largest absolute Gasteiger partial charge is 0.457 e. The van der Waals surface area contributed by atoms with Gasteiger partial charge in [-0.2, -0.15) is 0 Å². The maximum Gasteiger partial charge on any atom is 0.270 e. The number of nitrogens with one attached hydrogen (secondary N) is 1. The summed E-state index contributed by atoms with van der Waals surface area (Å²) in [4.78, 5) is 11.8. The molecule has 22 heavy (non-hydrogen) atoms. The molecule has 0 aliphatic carbocycles. The van der Waals surface area contributed by atoms with Gasteiger partial charge in [-0.1, -0.05) is 48.3 Å². The molecule has 0 spiro atoms. The van der Waals surface area contributed by atoms with Crippen molar-refractivity contribution in [3.8, 4) is 11.3 Å². The minimum Gasteiger partial charge on any atom is -0.457 e. The summed E-state index contributed by atoms with van der Waals surface area (Å²) in [6.07, 6.45) is 1.79. The fraction of sp³-hybridized carbons (Fsp3) is 0. The molecule has 1 saturated heterocycles. The van der Waals surface area contributed by atoms with Crippen LogP contribution in [0.4, 0.5) is 5.69 Å². The third kappa shape index (κ3) is 3.08. The number of non-ortho nitro benzene ring substituents is 1. The predicted octanol–water partition coefficient (Wildman–Crippen LogP) is 4.14. The molecular formula is C14H8N2O3S3. The third-order valence-corrected chi connectivity index (χ3v) is 4.52. The SMILES string of the molecule is O=[N+]([O-])c1cccc(-c2ccc(/C=C3/SC(=S)NC3=S)o2)c1.